The summed E-state index contributed by atoms with van der Waals surface area (Å²) in [5.74, 6) is -0.213. The SMILES string of the molecule is CCC(C(=O)N1CCC(NC(=O)c2cc(=O)n(C)c3ccccc23)CC1)c1ccccc1. The lowest BCUT2D eigenvalue weighted by molar-refractivity contribution is -0.134. The highest BCUT2D eigenvalue weighted by Gasteiger charge is 2.29. The van der Waals surface area contributed by atoms with Crippen LogP contribution in [0.3, 0.4) is 0 Å². The van der Waals surface area contributed by atoms with Gasteiger partial charge in [0.25, 0.3) is 11.5 Å². The first-order valence-corrected chi connectivity index (χ1v) is 11.2. The molecule has 1 fully saturated rings. The zero-order valence-corrected chi connectivity index (χ0v) is 18.6. The number of aromatic nitrogens is 1. The van der Waals surface area contributed by atoms with Crippen molar-refractivity contribution in [1.82, 2.24) is 14.8 Å². The van der Waals surface area contributed by atoms with E-state index in [2.05, 4.69) is 5.32 Å². The lowest BCUT2D eigenvalue weighted by atomic mass is 9.93. The maximum Gasteiger partial charge on any atom is 0.252 e. The van der Waals surface area contributed by atoms with E-state index in [-0.39, 0.29) is 29.3 Å². The molecule has 1 aromatic heterocycles. The maximum atomic E-state index is 13.1. The number of rotatable bonds is 5. The van der Waals surface area contributed by atoms with E-state index in [1.54, 1.807) is 11.6 Å². The minimum absolute atomic E-state index is 0.0221. The van der Waals surface area contributed by atoms with Crippen molar-refractivity contribution in [1.29, 1.82) is 0 Å². The van der Waals surface area contributed by atoms with Crippen LogP contribution in [0.4, 0.5) is 0 Å². The van der Waals surface area contributed by atoms with Crippen molar-refractivity contribution in [3.63, 3.8) is 0 Å². The quantitative estimate of drug-likeness (QED) is 0.673. The second-order valence-corrected chi connectivity index (χ2v) is 8.42. The van der Waals surface area contributed by atoms with Crippen LogP contribution in [0.5, 0.6) is 0 Å². The van der Waals surface area contributed by atoms with Crippen LogP contribution in [0.25, 0.3) is 10.9 Å². The van der Waals surface area contributed by atoms with Crippen LogP contribution in [-0.4, -0.2) is 40.4 Å². The molecule has 1 N–H and O–H groups in total. The van der Waals surface area contributed by atoms with Gasteiger partial charge in [0.1, 0.15) is 0 Å². The molecule has 1 aliphatic rings. The zero-order chi connectivity index (χ0) is 22.7. The van der Waals surface area contributed by atoms with Crippen molar-refractivity contribution in [3.05, 3.63) is 82.1 Å². The van der Waals surface area contributed by atoms with Gasteiger partial charge < -0.3 is 14.8 Å². The van der Waals surface area contributed by atoms with Gasteiger partial charge in [0, 0.05) is 37.6 Å². The van der Waals surface area contributed by atoms with E-state index >= 15 is 0 Å². The fraction of sp³-hybridized carbons (Fsp3) is 0.346. The summed E-state index contributed by atoms with van der Waals surface area (Å²) in [5.41, 5.74) is 1.98. The van der Waals surface area contributed by atoms with Crippen LogP contribution in [0.2, 0.25) is 0 Å². The number of amides is 2. The number of piperidine rings is 1. The highest BCUT2D eigenvalue weighted by molar-refractivity contribution is 6.06. The molecule has 0 aliphatic carbocycles. The molecule has 1 saturated heterocycles. The standard InChI is InChI=1S/C26H29N3O3/c1-3-20(18-9-5-4-6-10-18)26(32)29-15-13-19(14-16-29)27-25(31)22-17-24(30)28(2)23-12-8-7-11-21(22)23/h4-12,17,19-20H,3,13-16H2,1-2H3,(H,27,31). The Morgan fingerprint density at radius 2 is 1.69 bits per heavy atom. The summed E-state index contributed by atoms with van der Waals surface area (Å²) in [5, 5.41) is 3.84. The number of carbonyl (C=O) groups is 2. The fourth-order valence-corrected chi connectivity index (χ4v) is 4.56. The molecule has 2 amide bonds. The highest BCUT2D eigenvalue weighted by Crippen LogP contribution is 2.24. The minimum Gasteiger partial charge on any atom is -0.349 e. The van der Waals surface area contributed by atoms with Gasteiger partial charge in [-0.1, -0.05) is 55.5 Å². The number of benzene rings is 2. The molecule has 0 spiro atoms. The number of para-hydroxylation sites is 1. The summed E-state index contributed by atoms with van der Waals surface area (Å²) in [6.45, 7) is 3.27. The summed E-state index contributed by atoms with van der Waals surface area (Å²) in [6, 6.07) is 18.7. The molecule has 0 bridgehead atoms. The first kappa shape index (κ1) is 21.8. The third-order valence-electron chi connectivity index (χ3n) is 6.45. The molecular formula is C26H29N3O3. The van der Waals surface area contributed by atoms with E-state index in [1.807, 2.05) is 66.4 Å². The van der Waals surface area contributed by atoms with E-state index in [0.717, 1.165) is 22.9 Å². The Morgan fingerprint density at radius 3 is 2.38 bits per heavy atom. The normalized spacial score (nSPS) is 15.5. The Morgan fingerprint density at radius 1 is 1.03 bits per heavy atom. The Bertz CT molecular complexity index is 1180. The monoisotopic (exact) mass is 431 g/mol. The van der Waals surface area contributed by atoms with Gasteiger partial charge in [0.05, 0.1) is 17.0 Å². The highest BCUT2D eigenvalue weighted by atomic mass is 16.2. The molecule has 6 nitrogen and oxygen atoms in total. The van der Waals surface area contributed by atoms with Crippen molar-refractivity contribution in [2.24, 2.45) is 7.05 Å². The van der Waals surface area contributed by atoms with Gasteiger partial charge in [-0.25, -0.2) is 0 Å². The van der Waals surface area contributed by atoms with Crippen molar-refractivity contribution in [3.8, 4) is 0 Å². The molecule has 1 aliphatic heterocycles. The van der Waals surface area contributed by atoms with E-state index in [4.69, 9.17) is 0 Å². The van der Waals surface area contributed by atoms with E-state index in [0.29, 0.717) is 31.5 Å². The average Bonchev–Trinajstić information content (AvgIpc) is 2.83. The molecule has 0 radical (unpaired) electrons. The first-order chi connectivity index (χ1) is 15.5. The molecule has 3 aromatic rings. The lowest BCUT2D eigenvalue weighted by Gasteiger charge is -2.34. The largest absolute Gasteiger partial charge is 0.349 e. The van der Waals surface area contributed by atoms with E-state index in [1.165, 1.54) is 6.07 Å². The van der Waals surface area contributed by atoms with Gasteiger partial charge in [0.2, 0.25) is 5.91 Å². The van der Waals surface area contributed by atoms with Gasteiger partial charge >= 0.3 is 0 Å². The van der Waals surface area contributed by atoms with Crippen molar-refractivity contribution in [2.45, 2.75) is 38.1 Å². The van der Waals surface area contributed by atoms with Gasteiger partial charge in [-0.05, 0) is 30.9 Å². The molecule has 4 rings (SSSR count). The predicted octanol–water partition coefficient (Wildman–Crippen LogP) is 3.45. The second kappa shape index (κ2) is 9.39. The van der Waals surface area contributed by atoms with Crippen LogP contribution >= 0.6 is 0 Å². The van der Waals surface area contributed by atoms with Crippen molar-refractivity contribution < 1.29 is 9.59 Å². The molecule has 166 valence electrons. The smallest absolute Gasteiger partial charge is 0.252 e. The lowest BCUT2D eigenvalue weighted by Crippen LogP contribution is -2.47. The molecule has 0 saturated carbocycles. The number of likely N-dealkylation sites (tertiary alicyclic amines) is 1. The molecule has 1 unspecified atom stereocenters. The Hall–Kier alpha value is -3.41. The molecule has 32 heavy (non-hydrogen) atoms. The molecule has 1 atom stereocenters. The maximum absolute atomic E-state index is 13.1. The summed E-state index contributed by atoms with van der Waals surface area (Å²) >= 11 is 0. The van der Waals surface area contributed by atoms with Crippen molar-refractivity contribution in [2.75, 3.05) is 13.1 Å². The van der Waals surface area contributed by atoms with Crippen LogP contribution in [-0.2, 0) is 11.8 Å². The van der Waals surface area contributed by atoms with E-state index in [9.17, 15) is 14.4 Å². The van der Waals surface area contributed by atoms with Gasteiger partial charge in [-0.2, -0.15) is 0 Å². The first-order valence-electron chi connectivity index (χ1n) is 11.2. The fourth-order valence-electron chi connectivity index (χ4n) is 4.56. The van der Waals surface area contributed by atoms with Crippen LogP contribution in [0, 0.1) is 0 Å². The van der Waals surface area contributed by atoms with E-state index < -0.39 is 0 Å². The number of nitrogens with zero attached hydrogens (tertiary/aromatic N) is 2. The number of hydrogen-bond acceptors (Lipinski definition) is 3. The van der Waals surface area contributed by atoms with Crippen molar-refractivity contribution >= 4 is 22.7 Å². The van der Waals surface area contributed by atoms with Crippen LogP contribution in [0.15, 0.2) is 65.5 Å². The summed E-state index contributed by atoms with van der Waals surface area (Å²) in [4.78, 5) is 40.3. The van der Waals surface area contributed by atoms with Crippen LogP contribution < -0.4 is 10.9 Å². The van der Waals surface area contributed by atoms with Gasteiger partial charge in [0.15, 0.2) is 0 Å². The summed E-state index contributed by atoms with van der Waals surface area (Å²) in [6.07, 6.45) is 2.16. The third-order valence-corrected chi connectivity index (χ3v) is 6.45. The summed E-state index contributed by atoms with van der Waals surface area (Å²) in [7, 11) is 1.71. The Kier molecular flexibility index (Phi) is 6.40. The molecular weight excluding hydrogens is 402 g/mol. The summed E-state index contributed by atoms with van der Waals surface area (Å²) < 4.78 is 1.55. The Balaban J connectivity index is 1.42. The Labute approximate surface area is 187 Å². The zero-order valence-electron chi connectivity index (χ0n) is 18.6. The number of carbonyl (C=O) groups excluding carboxylic acids is 2. The average molecular weight is 432 g/mol. The van der Waals surface area contributed by atoms with Crippen LogP contribution in [0.1, 0.15) is 48.0 Å². The number of aryl methyl sites for hydroxylation is 1. The minimum atomic E-state index is -0.237. The number of fused-ring (bicyclic) bond motifs is 1. The topological polar surface area (TPSA) is 71.4 Å². The molecule has 2 heterocycles. The van der Waals surface area contributed by atoms with Gasteiger partial charge in [-0.15, -0.1) is 0 Å². The number of pyridine rings is 1. The van der Waals surface area contributed by atoms with Gasteiger partial charge in [-0.3, -0.25) is 14.4 Å². The third kappa shape index (κ3) is 4.31. The molecule has 2 aromatic carbocycles. The second-order valence-electron chi connectivity index (χ2n) is 8.42. The molecule has 6 heteroatoms. The number of nitrogens with one attached hydrogen (secondary N) is 1. The predicted molar refractivity (Wildman–Crippen MR) is 126 cm³/mol. The number of hydrogen-bond donors (Lipinski definition) is 1.